The second-order valence-corrected chi connectivity index (χ2v) is 13.9. The zero-order valence-corrected chi connectivity index (χ0v) is 29.1. The highest BCUT2D eigenvalue weighted by molar-refractivity contribution is 6.27. The number of nitrogens with zero attached hydrogens (tertiary/aromatic N) is 2. The average Bonchev–Trinajstić information content (AvgIpc) is 3.35. The maximum absolute atomic E-state index is 15.5. The maximum atomic E-state index is 15.5. The van der Waals surface area contributed by atoms with Crippen LogP contribution >= 0.6 is 0 Å². The van der Waals surface area contributed by atoms with Gasteiger partial charge >= 0.3 is 0 Å². The largest absolute Gasteiger partial charge is 0.457 e. The molecule has 0 atom stereocenters. The van der Waals surface area contributed by atoms with Crippen LogP contribution in [0.25, 0.3) is 21.9 Å². The third-order valence-electron chi connectivity index (χ3n) is 9.13. The van der Waals surface area contributed by atoms with Crippen molar-refractivity contribution in [2.24, 2.45) is 10.7 Å². The molecule has 0 aliphatic carbocycles. The first kappa shape index (κ1) is 34.8. The molecule has 48 heavy (non-hydrogen) atoms. The summed E-state index contributed by atoms with van der Waals surface area (Å²) in [6, 6.07) is 19.9. The predicted octanol–water partition coefficient (Wildman–Crippen LogP) is 10.4. The Labute approximate surface area is 284 Å². The smallest absolute Gasteiger partial charge is 0.253 e. The number of amidine groups is 2. The first-order chi connectivity index (χ1) is 23.0. The van der Waals surface area contributed by atoms with Gasteiger partial charge in [-0.15, -0.1) is 0 Å². The molecular weight excluding hydrogens is 599 g/mol. The van der Waals surface area contributed by atoms with Crippen molar-refractivity contribution in [2.75, 3.05) is 13.1 Å². The molecule has 0 unspecified atom stereocenters. The Hall–Kier alpha value is -4.52. The van der Waals surface area contributed by atoms with E-state index < -0.39 is 5.82 Å². The third kappa shape index (κ3) is 7.61. The Balaban J connectivity index is 1.55. The number of benzene rings is 4. The number of rotatable bonds is 14. The highest BCUT2D eigenvalue weighted by atomic mass is 19.1. The van der Waals surface area contributed by atoms with Crippen LogP contribution in [-0.2, 0) is 5.41 Å². The lowest BCUT2D eigenvalue weighted by Gasteiger charge is -2.24. The normalized spacial score (nSPS) is 12.7. The molecule has 1 amide bonds. The molecule has 252 valence electrons. The third-order valence-corrected chi connectivity index (χ3v) is 9.13. The maximum Gasteiger partial charge on any atom is 0.253 e. The van der Waals surface area contributed by atoms with Gasteiger partial charge in [0.2, 0.25) is 0 Å². The minimum atomic E-state index is -0.402. The number of nitrogens with one attached hydrogen (secondary N) is 1. The molecule has 6 nitrogen and oxygen atoms in total. The summed E-state index contributed by atoms with van der Waals surface area (Å²) in [5.41, 5.74) is 9.83. The number of unbranched alkanes of at least 4 members (excludes halogenated alkanes) is 6. The summed E-state index contributed by atoms with van der Waals surface area (Å²) < 4.78 is 22.2. The molecule has 1 aliphatic heterocycles. The van der Waals surface area contributed by atoms with Gasteiger partial charge in [-0.3, -0.25) is 10.2 Å². The summed E-state index contributed by atoms with van der Waals surface area (Å²) in [5, 5.41) is 10.0. The molecule has 3 N–H and O–H groups in total. The van der Waals surface area contributed by atoms with Crippen molar-refractivity contribution >= 4 is 28.4 Å². The molecule has 0 bridgehead atoms. The van der Waals surface area contributed by atoms with Crippen LogP contribution in [-0.4, -0.2) is 35.6 Å². The van der Waals surface area contributed by atoms with Gasteiger partial charge in [-0.05, 0) is 71.7 Å². The molecule has 0 saturated heterocycles. The molecule has 4 aromatic carbocycles. The van der Waals surface area contributed by atoms with Gasteiger partial charge in [0.1, 0.15) is 23.2 Å². The van der Waals surface area contributed by atoms with Gasteiger partial charge < -0.3 is 15.4 Å². The van der Waals surface area contributed by atoms with Crippen LogP contribution in [0.3, 0.4) is 0 Å². The summed E-state index contributed by atoms with van der Waals surface area (Å²) in [6.07, 6.45) is 8.95. The molecule has 0 spiro atoms. The van der Waals surface area contributed by atoms with E-state index >= 15 is 4.39 Å². The van der Waals surface area contributed by atoms with Crippen molar-refractivity contribution in [3.8, 4) is 22.6 Å². The van der Waals surface area contributed by atoms with E-state index in [9.17, 15) is 4.79 Å². The molecule has 1 aliphatic rings. The lowest BCUT2D eigenvalue weighted by molar-refractivity contribution is 0.0749. The van der Waals surface area contributed by atoms with Gasteiger partial charge in [0, 0.05) is 46.3 Å². The van der Waals surface area contributed by atoms with Gasteiger partial charge in [0.15, 0.2) is 5.84 Å². The number of halogens is 1. The topological polar surface area (TPSA) is 91.8 Å². The van der Waals surface area contributed by atoms with Gasteiger partial charge in [-0.1, -0.05) is 97.4 Å². The number of hydrogen-bond acceptors (Lipinski definition) is 4. The van der Waals surface area contributed by atoms with Crippen LogP contribution in [0, 0.1) is 11.2 Å². The van der Waals surface area contributed by atoms with E-state index in [4.69, 9.17) is 15.9 Å². The Morgan fingerprint density at radius 2 is 1.50 bits per heavy atom. The number of aliphatic imine (C=N–C) groups is 1. The number of nitrogens with two attached hydrogens (primary N) is 1. The van der Waals surface area contributed by atoms with Crippen LogP contribution in [0.15, 0.2) is 71.7 Å². The molecule has 0 saturated carbocycles. The molecule has 0 fully saturated rings. The number of ether oxygens (including phenoxy) is 1. The molecular formula is C41H49FN4O2. The second kappa shape index (κ2) is 15.1. The zero-order chi connectivity index (χ0) is 34.4. The molecule has 7 heteroatoms. The summed E-state index contributed by atoms with van der Waals surface area (Å²) in [6.45, 7) is 12.3. The van der Waals surface area contributed by atoms with Crippen LogP contribution in [0.2, 0.25) is 0 Å². The van der Waals surface area contributed by atoms with Crippen LogP contribution in [0.5, 0.6) is 11.5 Å². The van der Waals surface area contributed by atoms with Gasteiger partial charge in [-0.2, -0.15) is 0 Å². The standard InChI is InChI=1S/C41H49FN4O2/c1-6-8-10-14-22-46(23-15-11-9-7-2)40(47)27-18-20-30(21-19-27)48-34-26-29(41(3,4)5)24-28-25-32-37(39(44)45-38(32)43)36(35(28)34)31-16-12-13-17-33(31)42/h12-13,16-21,24-26H,6-11,14-15,22-23H2,1-5H3,(H3,43,44,45). The fraction of sp³-hybridized carbons (Fsp3) is 0.390. The highest BCUT2D eigenvalue weighted by Gasteiger charge is 2.29. The lowest BCUT2D eigenvalue weighted by atomic mass is 9.83. The second-order valence-electron chi connectivity index (χ2n) is 13.9. The average molecular weight is 649 g/mol. The van der Waals surface area contributed by atoms with Gasteiger partial charge in [0.05, 0.1) is 0 Å². The predicted molar refractivity (Wildman–Crippen MR) is 196 cm³/mol. The fourth-order valence-corrected chi connectivity index (χ4v) is 6.39. The Morgan fingerprint density at radius 1 is 0.854 bits per heavy atom. The van der Waals surface area contributed by atoms with Crippen molar-refractivity contribution in [2.45, 2.75) is 91.4 Å². The Kier molecular flexibility index (Phi) is 11.0. The van der Waals surface area contributed by atoms with E-state index in [1.54, 1.807) is 18.2 Å². The van der Waals surface area contributed by atoms with Crippen molar-refractivity contribution < 1.29 is 13.9 Å². The highest BCUT2D eigenvalue weighted by Crippen LogP contribution is 2.45. The van der Waals surface area contributed by atoms with Crippen molar-refractivity contribution in [3.05, 3.63) is 94.8 Å². The Bertz CT molecular complexity index is 1810. The van der Waals surface area contributed by atoms with Crippen molar-refractivity contribution in [3.63, 3.8) is 0 Å². The number of hydrogen-bond donors (Lipinski definition) is 2. The van der Waals surface area contributed by atoms with Crippen molar-refractivity contribution in [1.29, 1.82) is 5.41 Å². The monoisotopic (exact) mass is 648 g/mol. The molecule has 1 heterocycles. The van der Waals surface area contributed by atoms with Crippen LogP contribution < -0.4 is 10.5 Å². The van der Waals surface area contributed by atoms with Crippen LogP contribution in [0.4, 0.5) is 4.39 Å². The summed E-state index contributed by atoms with van der Waals surface area (Å²) in [5.74, 6) is 0.974. The SMILES string of the molecule is CCCCCCN(CCCCCC)C(=O)c1ccc(Oc2cc(C(C)(C)C)cc3cc4c(c(-c5ccccc5F)c23)C(N)=NC4=N)cc1. The molecule has 4 aromatic rings. The molecule has 5 rings (SSSR count). The lowest BCUT2D eigenvalue weighted by Crippen LogP contribution is -2.33. The number of fused-ring (bicyclic) bond motifs is 2. The summed E-state index contributed by atoms with van der Waals surface area (Å²) in [7, 11) is 0. The summed E-state index contributed by atoms with van der Waals surface area (Å²) in [4.78, 5) is 19.9. The molecule has 0 radical (unpaired) electrons. The summed E-state index contributed by atoms with van der Waals surface area (Å²) >= 11 is 0. The number of amides is 1. The number of carbonyl (C=O) groups excluding carboxylic acids is 1. The fourth-order valence-electron chi connectivity index (χ4n) is 6.39. The van der Waals surface area contributed by atoms with E-state index in [0.29, 0.717) is 44.7 Å². The first-order valence-corrected chi connectivity index (χ1v) is 17.4. The van der Waals surface area contributed by atoms with E-state index in [2.05, 4.69) is 45.7 Å². The van der Waals surface area contributed by atoms with E-state index in [-0.39, 0.29) is 23.0 Å². The van der Waals surface area contributed by atoms with Gasteiger partial charge in [-0.25, -0.2) is 9.38 Å². The minimum Gasteiger partial charge on any atom is -0.457 e. The first-order valence-electron chi connectivity index (χ1n) is 17.4. The number of carbonyl (C=O) groups is 1. The van der Waals surface area contributed by atoms with Gasteiger partial charge in [0.25, 0.3) is 5.91 Å². The zero-order valence-electron chi connectivity index (χ0n) is 29.1. The van der Waals surface area contributed by atoms with E-state index in [0.717, 1.165) is 62.6 Å². The Morgan fingerprint density at radius 3 is 2.10 bits per heavy atom. The minimum absolute atomic E-state index is 0.0457. The van der Waals surface area contributed by atoms with Crippen LogP contribution in [0.1, 0.15) is 113 Å². The quantitative estimate of drug-likeness (QED) is 0.133. The molecule has 0 aromatic heterocycles. The van der Waals surface area contributed by atoms with E-state index in [1.807, 2.05) is 41.3 Å². The van der Waals surface area contributed by atoms with E-state index in [1.165, 1.54) is 18.9 Å². The van der Waals surface area contributed by atoms with Crippen molar-refractivity contribution in [1.82, 2.24) is 4.90 Å².